The van der Waals surface area contributed by atoms with Crippen LogP contribution in [-0.2, 0) is 20.0 Å². The van der Waals surface area contributed by atoms with Gasteiger partial charge in [0, 0.05) is 19.6 Å². The number of sulfonamides is 2. The van der Waals surface area contributed by atoms with Crippen molar-refractivity contribution in [3.8, 4) is 0 Å². The van der Waals surface area contributed by atoms with Crippen molar-refractivity contribution in [2.75, 3.05) is 31.2 Å². The minimum atomic E-state index is -3.75. The minimum Gasteiger partial charge on any atom is -0.355 e. The van der Waals surface area contributed by atoms with Crippen LogP contribution in [0, 0.1) is 0 Å². The summed E-state index contributed by atoms with van der Waals surface area (Å²) >= 11 is 0. The molecule has 1 rings (SSSR count). The lowest BCUT2D eigenvalue weighted by atomic mass is 10.6. The molecule has 0 atom stereocenters. The molecule has 0 bridgehead atoms. The summed E-state index contributed by atoms with van der Waals surface area (Å²) in [6.07, 6.45) is 3.35. The molecule has 20 heavy (non-hydrogen) atoms. The predicted molar refractivity (Wildman–Crippen MR) is 74.2 cm³/mol. The molecule has 0 saturated carbocycles. The van der Waals surface area contributed by atoms with Crippen LogP contribution in [0.1, 0.15) is 6.92 Å². The Morgan fingerprint density at radius 1 is 1.05 bits per heavy atom. The molecule has 0 saturated heterocycles. The Balaban J connectivity index is 2.60. The first-order valence-electron chi connectivity index (χ1n) is 5.75. The van der Waals surface area contributed by atoms with Crippen LogP contribution >= 0.6 is 0 Å². The highest BCUT2D eigenvalue weighted by molar-refractivity contribution is 7.89. The zero-order valence-electron chi connectivity index (χ0n) is 11.1. The summed E-state index contributed by atoms with van der Waals surface area (Å²) in [7, 11) is -7.08. The van der Waals surface area contributed by atoms with Gasteiger partial charge in [-0.3, -0.25) is 0 Å². The summed E-state index contributed by atoms with van der Waals surface area (Å²) in [4.78, 5) is 7.61. The second-order valence-electron chi connectivity index (χ2n) is 3.84. The maximum atomic E-state index is 11.8. The van der Waals surface area contributed by atoms with Gasteiger partial charge in [-0.1, -0.05) is 0 Å². The van der Waals surface area contributed by atoms with Crippen LogP contribution in [-0.4, -0.2) is 52.7 Å². The summed E-state index contributed by atoms with van der Waals surface area (Å²) in [6.45, 7) is 2.39. The largest absolute Gasteiger partial charge is 0.355 e. The summed E-state index contributed by atoms with van der Waals surface area (Å²) < 4.78 is 49.7. The average Bonchev–Trinajstić information content (AvgIpc) is 2.35. The lowest BCUT2D eigenvalue weighted by Crippen LogP contribution is -2.34. The van der Waals surface area contributed by atoms with Gasteiger partial charge in [0.2, 0.25) is 26.0 Å². The van der Waals surface area contributed by atoms with Crippen LogP contribution in [0.15, 0.2) is 17.3 Å². The molecule has 0 aliphatic rings. The highest BCUT2D eigenvalue weighted by Crippen LogP contribution is 2.06. The van der Waals surface area contributed by atoms with E-state index in [4.69, 9.17) is 0 Å². The number of rotatable bonds is 8. The fourth-order valence-electron chi connectivity index (χ4n) is 1.21. The highest BCUT2D eigenvalue weighted by Gasteiger charge is 2.14. The Morgan fingerprint density at radius 2 is 1.60 bits per heavy atom. The summed E-state index contributed by atoms with van der Waals surface area (Å²) in [5, 5.41) is 2.84. The molecule has 1 heterocycles. The monoisotopic (exact) mass is 323 g/mol. The van der Waals surface area contributed by atoms with E-state index in [1.807, 2.05) is 6.92 Å². The van der Waals surface area contributed by atoms with E-state index in [0.29, 0.717) is 12.5 Å². The quantitative estimate of drug-likeness (QED) is 0.509. The second-order valence-corrected chi connectivity index (χ2v) is 7.44. The lowest BCUT2D eigenvalue weighted by Gasteiger charge is -2.07. The van der Waals surface area contributed by atoms with Gasteiger partial charge in [0.25, 0.3) is 0 Å². The van der Waals surface area contributed by atoms with Crippen molar-refractivity contribution >= 4 is 26.0 Å². The summed E-state index contributed by atoms with van der Waals surface area (Å²) in [5.74, 6) is 0.338. The molecule has 9 nitrogen and oxygen atoms in total. The van der Waals surface area contributed by atoms with E-state index >= 15 is 0 Å². The topological polar surface area (TPSA) is 130 Å². The first-order valence-corrected chi connectivity index (χ1v) is 9.12. The number of nitrogens with zero attached hydrogens (tertiary/aromatic N) is 2. The molecule has 0 aliphatic carbocycles. The first-order chi connectivity index (χ1) is 9.24. The average molecular weight is 323 g/mol. The van der Waals surface area contributed by atoms with E-state index in [9.17, 15) is 16.8 Å². The summed E-state index contributed by atoms with van der Waals surface area (Å²) in [5.41, 5.74) is 0. The number of hydrogen-bond acceptors (Lipinski definition) is 7. The van der Waals surface area contributed by atoms with E-state index in [2.05, 4.69) is 24.7 Å². The Labute approximate surface area is 118 Å². The molecule has 0 radical (unpaired) electrons. The van der Waals surface area contributed by atoms with Crippen molar-refractivity contribution in [1.82, 2.24) is 19.4 Å². The third-order valence-electron chi connectivity index (χ3n) is 2.05. The van der Waals surface area contributed by atoms with Gasteiger partial charge in [-0.15, -0.1) is 0 Å². The molecule has 11 heteroatoms. The van der Waals surface area contributed by atoms with E-state index < -0.39 is 20.0 Å². The van der Waals surface area contributed by atoms with Crippen LogP contribution in [0.3, 0.4) is 0 Å². The maximum absolute atomic E-state index is 11.8. The smallest absolute Gasteiger partial charge is 0.243 e. The second kappa shape index (κ2) is 6.92. The molecule has 0 amide bonds. The van der Waals surface area contributed by atoms with Crippen LogP contribution in [0.2, 0.25) is 0 Å². The summed E-state index contributed by atoms with van der Waals surface area (Å²) in [6, 6.07) is 0. The first kappa shape index (κ1) is 16.8. The normalized spacial score (nSPS) is 12.3. The molecule has 0 spiro atoms. The van der Waals surface area contributed by atoms with E-state index in [-0.39, 0.29) is 18.0 Å². The Kier molecular flexibility index (Phi) is 5.80. The van der Waals surface area contributed by atoms with Crippen molar-refractivity contribution in [3.05, 3.63) is 12.4 Å². The molecule has 0 fully saturated rings. The number of aromatic nitrogens is 2. The Bertz CT molecular complexity index is 627. The van der Waals surface area contributed by atoms with E-state index in [1.165, 1.54) is 12.4 Å². The molecule has 0 aromatic carbocycles. The van der Waals surface area contributed by atoms with Crippen LogP contribution < -0.4 is 14.8 Å². The molecule has 1 aromatic rings. The molecule has 0 aliphatic heterocycles. The van der Waals surface area contributed by atoms with Crippen molar-refractivity contribution in [2.45, 2.75) is 11.8 Å². The standard InChI is InChI=1S/C9H17N5O4S2/c1-3-10-9-11-6-8(7-12-9)20(17,18)14-5-4-13-19(2,15)16/h6-7,13-14H,3-5H2,1-2H3,(H,10,11,12). The molecule has 0 unspecified atom stereocenters. The fraction of sp³-hybridized carbons (Fsp3) is 0.556. The van der Waals surface area contributed by atoms with Crippen LogP contribution in [0.4, 0.5) is 5.95 Å². The van der Waals surface area contributed by atoms with Gasteiger partial charge in [0.15, 0.2) is 0 Å². The number of hydrogen-bond donors (Lipinski definition) is 3. The van der Waals surface area contributed by atoms with Crippen molar-refractivity contribution < 1.29 is 16.8 Å². The fourth-order valence-corrected chi connectivity index (χ4v) is 2.60. The minimum absolute atomic E-state index is 0.0333. The van der Waals surface area contributed by atoms with Crippen molar-refractivity contribution in [3.63, 3.8) is 0 Å². The number of nitrogens with one attached hydrogen (secondary N) is 3. The van der Waals surface area contributed by atoms with Gasteiger partial charge in [0.1, 0.15) is 4.90 Å². The lowest BCUT2D eigenvalue weighted by molar-refractivity contribution is 0.572. The van der Waals surface area contributed by atoms with Gasteiger partial charge in [-0.2, -0.15) is 0 Å². The van der Waals surface area contributed by atoms with E-state index in [0.717, 1.165) is 6.26 Å². The maximum Gasteiger partial charge on any atom is 0.243 e. The van der Waals surface area contributed by atoms with Crippen molar-refractivity contribution in [2.24, 2.45) is 0 Å². The SMILES string of the molecule is CCNc1ncc(S(=O)(=O)NCCNS(C)(=O)=O)cn1. The molecule has 1 aromatic heterocycles. The Hall–Kier alpha value is -1.30. The molecule has 114 valence electrons. The molecular formula is C9H17N5O4S2. The van der Waals surface area contributed by atoms with Gasteiger partial charge in [0.05, 0.1) is 18.6 Å². The molecule has 3 N–H and O–H groups in total. The van der Waals surface area contributed by atoms with Crippen molar-refractivity contribution in [1.29, 1.82) is 0 Å². The van der Waals surface area contributed by atoms with Crippen LogP contribution in [0.25, 0.3) is 0 Å². The zero-order valence-corrected chi connectivity index (χ0v) is 12.8. The van der Waals surface area contributed by atoms with Gasteiger partial charge in [-0.25, -0.2) is 36.2 Å². The predicted octanol–water partition coefficient (Wildman–Crippen LogP) is -1.26. The third kappa shape index (κ3) is 5.77. The van der Waals surface area contributed by atoms with Gasteiger partial charge in [-0.05, 0) is 6.92 Å². The third-order valence-corrected chi connectivity index (χ3v) is 4.20. The highest BCUT2D eigenvalue weighted by atomic mass is 32.2. The number of anilines is 1. The van der Waals surface area contributed by atoms with Gasteiger partial charge >= 0.3 is 0 Å². The van der Waals surface area contributed by atoms with Crippen LogP contribution in [0.5, 0.6) is 0 Å². The Morgan fingerprint density at radius 3 is 2.10 bits per heavy atom. The molecular weight excluding hydrogens is 306 g/mol. The van der Waals surface area contributed by atoms with Gasteiger partial charge < -0.3 is 5.32 Å². The van der Waals surface area contributed by atoms with E-state index in [1.54, 1.807) is 0 Å². The zero-order chi connectivity index (χ0) is 15.2.